The van der Waals surface area contributed by atoms with Gasteiger partial charge in [0.1, 0.15) is 5.60 Å². The average molecular weight is 272 g/mol. The average Bonchev–Trinajstić information content (AvgIpc) is 2.17. The second-order valence-electron chi connectivity index (χ2n) is 4.59. The maximum Gasteiger partial charge on any atom is 0.491 e. The van der Waals surface area contributed by atoms with Gasteiger partial charge in [0.2, 0.25) is 0 Å². The Kier molecular flexibility index (Phi) is 4.56. The van der Waals surface area contributed by atoms with Crippen LogP contribution in [0.25, 0.3) is 0 Å². The molecule has 1 amide bonds. The molecule has 0 radical (unpaired) electrons. The van der Waals surface area contributed by atoms with Crippen molar-refractivity contribution in [3.05, 3.63) is 17.4 Å². The van der Waals surface area contributed by atoms with Gasteiger partial charge in [-0.25, -0.2) is 4.79 Å². The molecule has 0 aliphatic rings. The summed E-state index contributed by atoms with van der Waals surface area (Å²) < 4.78 is 5.04. The first-order valence-electron chi connectivity index (χ1n) is 5.20. The third-order valence-electron chi connectivity index (χ3n) is 1.82. The van der Waals surface area contributed by atoms with Gasteiger partial charge in [-0.05, 0) is 20.8 Å². The smallest absolute Gasteiger partial charge is 0.444 e. The summed E-state index contributed by atoms with van der Waals surface area (Å²) in [5.74, 6) is 0. The van der Waals surface area contributed by atoms with E-state index in [-0.39, 0.29) is 16.2 Å². The number of nitrogens with one attached hydrogen (secondary N) is 1. The van der Waals surface area contributed by atoms with E-state index in [0.717, 1.165) is 0 Å². The second kappa shape index (κ2) is 5.56. The van der Waals surface area contributed by atoms with Crippen LogP contribution in [0.5, 0.6) is 0 Å². The van der Waals surface area contributed by atoms with E-state index in [0.29, 0.717) is 0 Å². The molecule has 0 unspecified atom stereocenters. The van der Waals surface area contributed by atoms with Gasteiger partial charge in [-0.2, -0.15) is 0 Å². The van der Waals surface area contributed by atoms with E-state index >= 15 is 0 Å². The van der Waals surface area contributed by atoms with Crippen LogP contribution in [0.3, 0.4) is 0 Å². The van der Waals surface area contributed by atoms with Crippen molar-refractivity contribution < 1.29 is 19.6 Å². The lowest BCUT2D eigenvalue weighted by atomic mass is 9.81. The van der Waals surface area contributed by atoms with Gasteiger partial charge in [-0.1, -0.05) is 11.6 Å². The van der Waals surface area contributed by atoms with Gasteiger partial charge in [0, 0.05) is 11.7 Å². The lowest BCUT2D eigenvalue weighted by Crippen LogP contribution is -2.32. The minimum Gasteiger partial charge on any atom is -0.444 e. The van der Waals surface area contributed by atoms with E-state index < -0.39 is 18.8 Å². The van der Waals surface area contributed by atoms with Crippen molar-refractivity contribution in [3.63, 3.8) is 0 Å². The van der Waals surface area contributed by atoms with E-state index in [1.165, 1.54) is 12.4 Å². The number of hydrogen-bond donors (Lipinski definition) is 3. The Hall–Kier alpha value is -1.31. The number of hydrogen-bond acceptors (Lipinski definition) is 5. The molecule has 0 spiro atoms. The van der Waals surface area contributed by atoms with Gasteiger partial charge < -0.3 is 14.8 Å². The van der Waals surface area contributed by atoms with Crippen LogP contribution in [0, 0.1) is 0 Å². The Balaban J connectivity index is 2.86. The van der Waals surface area contributed by atoms with Gasteiger partial charge in [0.15, 0.2) is 0 Å². The number of rotatable bonds is 2. The van der Waals surface area contributed by atoms with E-state index in [1.807, 2.05) is 0 Å². The first kappa shape index (κ1) is 14.8. The SMILES string of the molecule is CC(C)(C)OC(=O)Nc1cncc(B(O)O)c1Cl. The third kappa shape index (κ3) is 4.17. The molecular weight excluding hydrogens is 258 g/mol. The summed E-state index contributed by atoms with van der Waals surface area (Å²) >= 11 is 5.89. The molecule has 0 bridgehead atoms. The van der Waals surface area contributed by atoms with Crippen LogP contribution in [0.2, 0.25) is 5.02 Å². The molecule has 3 N–H and O–H groups in total. The van der Waals surface area contributed by atoms with Crippen LogP contribution in [0.15, 0.2) is 12.4 Å². The number of aromatic nitrogens is 1. The summed E-state index contributed by atoms with van der Waals surface area (Å²) in [7, 11) is -1.76. The Bertz CT molecular complexity index is 448. The molecule has 6 nitrogen and oxygen atoms in total. The predicted molar refractivity (Wildman–Crippen MR) is 68.9 cm³/mol. The zero-order valence-electron chi connectivity index (χ0n) is 10.3. The van der Waals surface area contributed by atoms with E-state index in [9.17, 15) is 4.79 Å². The number of anilines is 1. The fourth-order valence-electron chi connectivity index (χ4n) is 1.14. The molecule has 0 atom stereocenters. The highest BCUT2D eigenvalue weighted by Crippen LogP contribution is 2.19. The Morgan fingerprint density at radius 3 is 2.56 bits per heavy atom. The highest BCUT2D eigenvalue weighted by atomic mass is 35.5. The summed E-state index contributed by atoms with van der Waals surface area (Å²) in [5, 5.41) is 20.5. The molecule has 0 aliphatic carbocycles. The Labute approximate surface area is 110 Å². The predicted octanol–water partition coefficient (Wildman–Crippen LogP) is 0.762. The normalized spacial score (nSPS) is 11.0. The van der Waals surface area contributed by atoms with E-state index in [2.05, 4.69) is 10.3 Å². The topological polar surface area (TPSA) is 91.7 Å². The van der Waals surface area contributed by atoms with Crippen LogP contribution in [-0.2, 0) is 4.74 Å². The molecule has 1 heterocycles. The molecular formula is C10H14BClN2O4. The van der Waals surface area contributed by atoms with Crippen LogP contribution < -0.4 is 10.8 Å². The fourth-order valence-corrected chi connectivity index (χ4v) is 1.38. The largest absolute Gasteiger partial charge is 0.491 e. The molecule has 0 aliphatic heterocycles. The lowest BCUT2D eigenvalue weighted by molar-refractivity contribution is 0.0636. The maximum absolute atomic E-state index is 11.5. The zero-order valence-corrected chi connectivity index (χ0v) is 11.0. The Morgan fingerprint density at radius 2 is 2.06 bits per heavy atom. The molecule has 0 saturated heterocycles. The summed E-state index contributed by atoms with van der Waals surface area (Å²) in [6, 6.07) is 0. The summed E-state index contributed by atoms with van der Waals surface area (Å²) in [4.78, 5) is 15.3. The van der Waals surface area contributed by atoms with Gasteiger partial charge >= 0.3 is 13.2 Å². The third-order valence-corrected chi connectivity index (χ3v) is 2.24. The standard InChI is InChI=1S/C10H14BClN2O4/c1-10(2,3)18-9(15)14-7-5-13-4-6(8(7)12)11(16)17/h4-5,16-17H,1-3H3,(H,14,15). The van der Waals surface area contributed by atoms with Crippen molar-refractivity contribution in [1.29, 1.82) is 0 Å². The van der Waals surface area contributed by atoms with E-state index in [4.69, 9.17) is 26.4 Å². The molecule has 1 aromatic rings. The summed E-state index contributed by atoms with van der Waals surface area (Å²) in [6.45, 7) is 5.17. The minimum atomic E-state index is -1.76. The fraction of sp³-hybridized carbons (Fsp3) is 0.400. The second-order valence-corrected chi connectivity index (χ2v) is 4.97. The van der Waals surface area contributed by atoms with E-state index in [1.54, 1.807) is 20.8 Å². The van der Waals surface area contributed by atoms with Gasteiger partial charge in [0.05, 0.1) is 16.9 Å². The van der Waals surface area contributed by atoms with Crippen LogP contribution in [0.4, 0.5) is 10.5 Å². The zero-order chi connectivity index (χ0) is 13.9. The summed E-state index contributed by atoms with van der Waals surface area (Å²) in [6.07, 6.45) is 1.79. The number of halogens is 1. The van der Waals surface area contributed by atoms with Crippen molar-refractivity contribution in [2.45, 2.75) is 26.4 Å². The number of carbonyl (C=O) groups is 1. The highest BCUT2D eigenvalue weighted by Gasteiger charge is 2.21. The van der Waals surface area contributed by atoms with Crippen molar-refractivity contribution in [2.75, 3.05) is 5.32 Å². The molecule has 1 rings (SSSR count). The van der Waals surface area contributed by atoms with Crippen LogP contribution in [0.1, 0.15) is 20.8 Å². The number of pyridine rings is 1. The highest BCUT2D eigenvalue weighted by molar-refractivity contribution is 6.63. The monoisotopic (exact) mass is 272 g/mol. The quantitative estimate of drug-likeness (QED) is 0.691. The van der Waals surface area contributed by atoms with Crippen LogP contribution in [-0.4, -0.2) is 33.8 Å². The molecule has 18 heavy (non-hydrogen) atoms. The number of amides is 1. The van der Waals surface area contributed by atoms with Gasteiger partial charge in [0.25, 0.3) is 0 Å². The van der Waals surface area contributed by atoms with Crippen molar-refractivity contribution in [2.24, 2.45) is 0 Å². The molecule has 1 aromatic heterocycles. The molecule has 8 heteroatoms. The minimum absolute atomic E-state index is 0.00484. The molecule has 98 valence electrons. The van der Waals surface area contributed by atoms with Crippen molar-refractivity contribution in [1.82, 2.24) is 4.98 Å². The number of ether oxygens (including phenoxy) is 1. The van der Waals surface area contributed by atoms with Crippen molar-refractivity contribution in [3.8, 4) is 0 Å². The first-order valence-corrected chi connectivity index (χ1v) is 5.58. The van der Waals surface area contributed by atoms with Crippen molar-refractivity contribution >= 4 is 36.0 Å². The van der Waals surface area contributed by atoms with Gasteiger partial charge in [-0.15, -0.1) is 0 Å². The molecule has 0 saturated carbocycles. The van der Waals surface area contributed by atoms with Crippen LogP contribution >= 0.6 is 11.6 Å². The molecule has 0 aromatic carbocycles. The van der Waals surface area contributed by atoms with Gasteiger partial charge in [-0.3, -0.25) is 10.3 Å². The first-order chi connectivity index (χ1) is 8.20. The Morgan fingerprint density at radius 1 is 1.44 bits per heavy atom. The lowest BCUT2D eigenvalue weighted by Gasteiger charge is -2.20. The summed E-state index contributed by atoms with van der Waals surface area (Å²) in [5.41, 5.74) is -0.486. The number of nitrogens with zero attached hydrogens (tertiary/aromatic N) is 1. The molecule has 0 fully saturated rings. The maximum atomic E-state index is 11.5. The number of carbonyl (C=O) groups excluding carboxylic acids is 1.